The second kappa shape index (κ2) is 15.3. The molecule has 2 aromatic rings. The number of benzene rings is 1. The molecule has 1 aliphatic rings. The normalized spacial score (nSPS) is 14.2. The maximum absolute atomic E-state index is 13.1. The highest BCUT2D eigenvalue weighted by atomic mass is 16.5. The van der Waals surface area contributed by atoms with E-state index in [2.05, 4.69) is 25.6 Å². The third kappa shape index (κ3) is 8.11. The Morgan fingerprint density at radius 3 is 2.35 bits per heavy atom. The number of dihydropyridines is 1. The molecule has 3 rings (SSSR count). The molecule has 11 heteroatoms. The van der Waals surface area contributed by atoms with Crippen LogP contribution in [-0.4, -0.2) is 60.8 Å². The number of aromatic amines is 1. The highest BCUT2D eigenvalue weighted by molar-refractivity contribution is 6.00. The van der Waals surface area contributed by atoms with E-state index in [9.17, 15) is 9.59 Å². The Morgan fingerprint density at radius 1 is 1.05 bits per heavy atom. The Kier molecular flexibility index (Phi) is 11.6. The van der Waals surface area contributed by atoms with Crippen molar-refractivity contribution in [2.45, 2.75) is 52.9 Å². The summed E-state index contributed by atoms with van der Waals surface area (Å²) in [5.41, 5.74) is 9.68. The largest absolute Gasteiger partial charge is 0.493 e. The molecular weight excluding hydrogens is 512 g/mol. The molecule has 0 fully saturated rings. The minimum Gasteiger partial charge on any atom is -0.493 e. The molecule has 0 spiro atoms. The lowest BCUT2D eigenvalue weighted by Gasteiger charge is -2.31. The van der Waals surface area contributed by atoms with Crippen molar-refractivity contribution < 1.29 is 23.8 Å². The van der Waals surface area contributed by atoms with Crippen molar-refractivity contribution >= 4 is 17.9 Å². The number of aliphatic imine (C=N–C) groups is 1. The number of aromatic nitrogens is 2. The van der Waals surface area contributed by atoms with Gasteiger partial charge in [0, 0.05) is 48.4 Å². The Balaban J connectivity index is 1.68. The van der Waals surface area contributed by atoms with Crippen LogP contribution in [0.15, 0.2) is 64.3 Å². The van der Waals surface area contributed by atoms with Crippen LogP contribution < -0.4 is 21.1 Å². The molecule has 0 bridgehead atoms. The predicted octanol–water partition coefficient (Wildman–Crippen LogP) is 3.08. The minimum atomic E-state index is -0.713. The van der Waals surface area contributed by atoms with Gasteiger partial charge in [-0.05, 0) is 46.6 Å². The summed E-state index contributed by atoms with van der Waals surface area (Å²) < 4.78 is 16.9. The van der Waals surface area contributed by atoms with Gasteiger partial charge < -0.3 is 35.6 Å². The van der Waals surface area contributed by atoms with E-state index in [-0.39, 0.29) is 13.2 Å². The van der Waals surface area contributed by atoms with Crippen LogP contribution >= 0.6 is 0 Å². The number of hydrogen-bond donors (Lipinski definition) is 4. The summed E-state index contributed by atoms with van der Waals surface area (Å²) >= 11 is 0. The Hall–Kier alpha value is -4.28. The van der Waals surface area contributed by atoms with Crippen LogP contribution in [0.5, 0.6) is 5.75 Å². The fourth-order valence-corrected chi connectivity index (χ4v) is 4.53. The van der Waals surface area contributed by atoms with Gasteiger partial charge in [-0.25, -0.2) is 14.6 Å². The van der Waals surface area contributed by atoms with Gasteiger partial charge in [0.05, 0.1) is 43.2 Å². The fourth-order valence-electron chi connectivity index (χ4n) is 4.53. The molecule has 0 saturated carbocycles. The first kappa shape index (κ1) is 30.3. The molecule has 2 heterocycles. The molecule has 1 aromatic carbocycles. The van der Waals surface area contributed by atoms with E-state index in [4.69, 9.17) is 19.9 Å². The number of allylic oxidation sites excluding steroid dienone is 2. The fraction of sp³-hybridized carbons (Fsp3) is 0.448. The molecular formula is C29H40N6O5. The lowest BCUT2D eigenvalue weighted by atomic mass is 9.80. The third-order valence-corrected chi connectivity index (χ3v) is 6.31. The van der Waals surface area contributed by atoms with Crippen LogP contribution in [0, 0.1) is 0 Å². The first-order valence-electron chi connectivity index (χ1n) is 13.6. The second-order valence-electron chi connectivity index (χ2n) is 9.19. The number of imidazole rings is 1. The van der Waals surface area contributed by atoms with E-state index >= 15 is 0 Å². The van der Waals surface area contributed by atoms with E-state index in [1.807, 2.05) is 30.5 Å². The van der Waals surface area contributed by atoms with Gasteiger partial charge in [0.15, 0.2) is 5.96 Å². The zero-order valence-corrected chi connectivity index (χ0v) is 23.7. The molecule has 0 atom stereocenters. The highest BCUT2D eigenvalue weighted by Crippen LogP contribution is 2.42. The number of para-hydroxylation sites is 1. The molecule has 0 aliphatic carbocycles. The van der Waals surface area contributed by atoms with Crippen LogP contribution in [-0.2, 0) is 25.5 Å². The predicted molar refractivity (Wildman–Crippen MR) is 152 cm³/mol. The first-order chi connectivity index (χ1) is 19.4. The number of ether oxygens (including phenoxy) is 3. The summed E-state index contributed by atoms with van der Waals surface area (Å²) in [5, 5.41) is 6.27. The summed E-state index contributed by atoms with van der Waals surface area (Å²) in [7, 11) is 0. The van der Waals surface area contributed by atoms with Crippen molar-refractivity contribution in [2.24, 2.45) is 10.7 Å². The van der Waals surface area contributed by atoms with Crippen LogP contribution in [0.25, 0.3) is 0 Å². The van der Waals surface area contributed by atoms with Crippen LogP contribution in [0.2, 0.25) is 0 Å². The summed E-state index contributed by atoms with van der Waals surface area (Å²) in [5.74, 6) is -0.756. The van der Waals surface area contributed by atoms with Crippen molar-refractivity contribution in [2.75, 3.05) is 32.9 Å². The van der Waals surface area contributed by atoms with Crippen LogP contribution in [0.4, 0.5) is 0 Å². The van der Waals surface area contributed by atoms with Gasteiger partial charge in [0.25, 0.3) is 0 Å². The van der Waals surface area contributed by atoms with E-state index in [1.54, 1.807) is 34.0 Å². The second-order valence-corrected chi connectivity index (χ2v) is 9.19. The zero-order valence-electron chi connectivity index (χ0n) is 23.7. The SMILES string of the molecule is CCOC(=O)C1=C(C)NC(C)=C(C(=O)OCC)C1c1ccccc1OCCCN=C(N)NCCCc1cnc[nH]1. The highest BCUT2D eigenvalue weighted by Gasteiger charge is 2.39. The standard InChI is InChI=1S/C29H40N6O5/c1-5-38-27(36)24-19(3)35-20(4)25(28(37)39-6-2)26(24)22-12-7-8-13-23(22)40-16-10-15-33-29(30)32-14-9-11-21-17-31-18-34-21/h7-8,12-13,17-18,26,35H,5-6,9-11,14-16H2,1-4H3,(H,31,34)(H3,30,32,33). The molecule has 11 nitrogen and oxygen atoms in total. The number of rotatable bonds is 14. The molecule has 216 valence electrons. The Morgan fingerprint density at radius 2 is 1.73 bits per heavy atom. The number of nitrogens with one attached hydrogen (secondary N) is 3. The molecule has 0 saturated heterocycles. The van der Waals surface area contributed by atoms with Gasteiger partial charge in [0.2, 0.25) is 0 Å². The van der Waals surface area contributed by atoms with Gasteiger partial charge in [0.1, 0.15) is 5.75 Å². The van der Waals surface area contributed by atoms with E-state index < -0.39 is 17.9 Å². The molecule has 0 amide bonds. The number of esters is 2. The summed E-state index contributed by atoms with van der Waals surface area (Å²) in [6, 6.07) is 7.38. The van der Waals surface area contributed by atoms with E-state index in [1.165, 1.54) is 0 Å². The van der Waals surface area contributed by atoms with Crippen LogP contribution in [0.1, 0.15) is 57.7 Å². The van der Waals surface area contributed by atoms with Crippen molar-refractivity contribution in [3.8, 4) is 5.75 Å². The summed E-state index contributed by atoms with van der Waals surface area (Å²) in [6.07, 6.45) is 5.88. The number of carbonyl (C=O) groups is 2. The minimum absolute atomic E-state index is 0.209. The monoisotopic (exact) mass is 552 g/mol. The van der Waals surface area contributed by atoms with Crippen LogP contribution in [0.3, 0.4) is 0 Å². The molecule has 40 heavy (non-hydrogen) atoms. The zero-order chi connectivity index (χ0) is 28.9. The van der Waals surface area contributed by atoms with Crippen molar-refractivity contribution in [1.82, 2.24) is 20.6 Å². The number of guanidine groups is 1. The lowest BCUT2D eigenvalue weighted by Crippen LogP contribution is -2.33. The summed E-state index contributed by atoms with van der Waals surface area (Å²) in [6.45, 7) is 9.05. The van der Waals surface area contributed by atoms with Gasteiger partial charge in [-0.15, -0.1) is 0 Å². The number of hydrogen-bond acceptors (Lipinski definition) is 8. The molecule has 0 unspecified atom stereocenters. The first-order valence-corrected chi connectivity index (χ1v) is 13.6. The molecule has 1 aliphatic heterocycles. The molecule has 0 radical (unpaired) electrons. The summed E-state index contributed by atoms with van der Waals surface area (Å²) in [4.78, 5) is 37.6. The topological polar surface area (TPSA) is 153 Å². The number of nitrogens with zero attached hydrogens (tertiary/aromatic N) is 2. The van der Waals surface area contributed by atoms with Crippen molar-refractivity contribution in [3.63, 3.8) is 0 Å². The Labute approximate surface area is 235 Å². The Bertz CT molecular complexity index is 1200. The number of H-pyrrole nitrogens is 1. The third-order valence-electron chi connectivity index (χ3n) is 6.31. The quantitative estimate of drug-likeness (QED) is 0.120. The van der Waals surface area contributed by atoms with Gasteiger partial charge in [-0.3, -0.25) is 4.99 Å². The van der Waals surface area contributed by atoms with Crippen molar-refractivity contribution in [3.05, 3.63) is 70.6 Å². The molecule has 5 N–H and O–H groups in total. The number of nitrogens with two attached hydrogens (primary N) is 1. The number of carbonyl (C=O) groups excluding carboxylic acids is 2. The molecule has 1 aromatic heterocycles. The van der Waals surface area contributed by atoms with Crippen molar-refractivity contribution in [1.29, 1.82) is 0 Å². The smallest absolute Gasteiger partial charge is 0.336 e. The number of aryl methyl sites for hydroxylation is 1. The maximum atomic E-state index is 13.1. The average Bonchev–Trinajstić information content (AvgIpc) is 3.44. The van der Waals surface area contributed by atoms with Gasteiger partial charge >= 0.3 is 11.9 Å². The lowest BCUT2D eigenvalue weighted by molar-refractivity contribution is -0.139. The van der Waals surface area contributed by atoms with E-state index in [0.717, 1.165) is 18.5 Å². The maximum Gasteiger partial charge on any atom is 0.336 e. The van der Waals surface area contributed by atoms with E-state index in [0.29, 0.717) is 65.9 Å². The average molecular weight is 553 g/mol. The van der Waals surface area contributed by atoms with Gasteiger partial charge in [-0.1, -0.05) is 18.2 Å². The van der Waals surface area contributed by atoms with Gasteiger partial charge in [-0.2, -0.15) is 0 Å².